The first-order valence-electron chi connectivity index (χ1n) is 8.37. The fourth-order valence-corrected chi connectivity index (χ4v) is 2.62. The van der Waals surface area contributed by atoms with Crippen LogP contribution in [0.25, 0.3) is 0 Å². The highest BCUT2D eigenvalue weighted by Gasteiger charge is 2.14. The maximum atomic E-state index is 12.5. The minimum Gasteiger partial charge on any atom is -0.454 e. The van der Waals surface area contributed by atoms with E-state index in [-0.39, 0.29) is 23.8 Å². The first-order chi connectivity index (χ1) is 12.9. The lowest BCUT2D eigenvalue weighted by Crippen LogP contribution is -2.18. The van der Waals surface area contributed by atoms with E-state index in [1.54, 1.807) is 55.6 Å². The van der Waals surface area contributed by atoms with Crippen LogP contribution >= 0.6 is 0 Å². The summed E-state index contributed by atoms with van der Waals surface area (Å²) in [7, 11) is 0. The maximum Gasteiger partial charge on any atom is 0.291 e. The van der Waals surface area contributed by atoms with Crippen LogP contribution in [-0.4, -0.2) is 16.4 Å². The summed E-state index contributed by atoms with van der Waals surface area (Å²) in [6, 6.07) is 13.3. The van der Waals surface area contributed by atoms with Gasteiger partial charge in [-0.25, -0.2) is 0 Å². The van der Waals surface area contributed by atoms with Crippen molar-refractivity contribution in [2.45, 2.75) is 20.4 Å². The molecule has 0 bridgehead atoms. The van der Waals surface area contributed by atoms with E-state index in [1.807, 2.05) is 0 Å². The highest BCUT2D eigenvalue weighted by molar-refractivity contribution is 6.03. The Kier molecular flexibility index (Phi) is 5.21. The van der Waals surface area contributed by atoms with Crippen LogP contribution in [-0.2, 0) is 11.3 Å². The third-order valence-corrected chi connectivity index (χ3v) is 4.00. The highest BCUT2D eigenvalue weighted by atomic mass is 16.4. The zero-order chi connectivity index (χ0) is 19.4. The SMILES string of the molecule is CC(=O)Nc1cccc(NC(=O)c2ccc(Cn3ccccc3=O)o2)c1C. The number of carbonyl (C=O) groups excluding carboxylic acids is 2. The molecule has 0 saturated heterocycles. The van der Waals surface area contributed by atoms with Crippen LogP contribution in [0.3, 0.4) is 0 Å². The molecule has 0 fully saturated rings. The van der Waals surface area contributed by atoms with Gasteiger partial charge in [0.2, 0.25) is 5.91 Å². The number of nitrogens with zero attached hydrogens (tertiary/aromatic N) is 1. The molecule has 7 nitrogen and oxygen atoms in total. The summed E-state index contributed by atoms with van der Waals surface area (Å²) in [5, 5.41) is 5.49. The molecular weight excluding hydrogens is 346 g/mol. The Morgan fingerprint density at radius 3 is 2.44 bits per heavy atom. The fraction of sp³-hybridized carbons (Fsp3) is 0.150. The van der Waals surface area contributed by atoms with Gasteiger partial charge >= 0.3 is 0 Å². The minimum atomic E-state index is -0.412. The lowest BCUT2D eigenvalue weighted by Gasteiger charge is -2.12. The maximum absolute atomic E-state index is 12.5. The smallest absolute Gasteiger partial charge is 0.291 e. The predicted octanol–water partition coefficient (Wildman–Crippen LogP) is 3.01. The van der Waals surface area contributed by atoms with Gasteiger partial charge in [0.05, 0.1) is 6.54 Å². The summed E-state index contributed by atoms with van der Waals surface area (Å²) in [5.74, 6) is 0.0358. The second kappa shape index (κ2) is 7.74. The zero-order valence-corrected chi connectivity index (χ0v) is 15.0. The Morgan fingerprint density at radius 1 is 1.00 bits per heavy atom. The molecule has 0 spiro atoms. The first-order valence-corrected chi connectivity index (χ1v) is 8.37. The number of pyridine rings is 1. The van der Waals surface area contributed by atoms with E-state index in [4.69, 9.17) is 4.42 Å². The summed E-state index contributed by atoms with van der Waals surface area (Å²) in [6.45, 7) is 3.47. The Labute approximate surface area is 155 Å². The number of benzene rings is 1. The second-order valence-electron chi connectivity index (χ2n) is 6.05. The van der Waals surface area contributed by atoms with Gasteiger partial charge in [0.25, 0.3) is 11.5 Å². The van der Waals surface area contributed by atoms with E-state index in [1.165, 1.54) is 17.6 Å². The normalized spacial score (nSPS) is 10.4. The van der Waals surface area contributed by atoms with Crippen molar-refractivity contribution in [2.24, 2.45) is 0 Å². The van der Waals surface area contributed by atoms with Gasteiger partial charge in [0, 0.05) is 30.6 Å². The van der Waals surface area contributed by atoms with Crippen molar-refractivity contribution >= 4 is 23.2 Å². The topological polar surface area (TPSA) is 93.3 Å². The molecule has 0 unspecified atom stereocenters. The van der Waals surface area contributed by atoms with Crippen LogP contribution in [0.4, 0.5) is 11.4 Å². The molecule has 0 aliphatic heterocycles. The number of rotatable bonds is 5. The number of hydrogen-bond acceptors (Lipinski definition) is 4. The molecule has 0 aliphatic carbocycles. The number of nitrogens with one attached hydrogen (secondary N) is 2. The van der Waals surface area contributed by atoms with E-state index < -0.39 is 5.91 Å². The Balaban J connectivity index is 1.74. The molecule has 2 heterocycles. The highest BCUT2D eigenvalue weighted by Crippen LogP contribution is 2.24. The number of hydrogen-bond donors (Lipinski definition) is 2. The molecule has 2 aromatic heterocycles. The van der Waals surface area contributed by atoms with Crippen LogP contribution in [0, 0.1) is 6.92 Å². The summed E-state index contributed by atoms with van der Waals surface area (Å²) < 4.78 is 7.06. The van der Waals surface area contributed by atoms with Gasteiger partial charge in [-0.05, 0) is 42.8 Å². The van der Waals surface area contributed by atoms with Gasteiger partial charge in [-0.15, -0.1) is 0 Å². The molecule has 0 atom stereocenters. The van der Waals surface area contributed by atoms with Crippen LogP contribution in [0.5, 0.6) is 0 Å². The lowest BCUT2D eigenvalue weighted by atomic mass is 10.1. The van der Waals surface area contributed by atoms with Crippen molar-refractivity contribution in [2.75, 3.05) is 10.6 Å². The lowest BCUT2D eigenvalue weighted by molar-refractivity contribution is -0.114. The Morgan fingerprint density at radius 2 is 1.74 bits per heavy atom. The van der Waals surface area contributed by atoms with Crippen molar-refractivity contribution in [3.8, 4) is 0 Å². The van der Waals surface area contributed by atoms with Crippen molar-refractivity contribution < 1.29 is 14.0 Å². The van der Waals surface area contributed by atoms with Crippen molar-refractivity contribution in [3.05, 3.63) is 82.2 Å². The van der Waals surface area contributed by atoms with Crippen molar-refractivity contribution in [1.82, 2.24) is 4.57 Å². The van der Waals surface area contributed by atoms with E-state index >= 15 is 0 Å². The molecule has 0 saturated carbocycles. The van der Waals surface area contributed by atoms with Gasteiger partial charge in [0.15, 0.2) is 5.76 Å². The van der Waals surface area contributed by atoms with E-state index in [9.17, 15) is 14.4 Å². The number of carbonyl (C=O) groups is 2. The van der Waals surface area contributed by atoms with Gasteiger partial charge in [-0.1, -0.05) is 12.1 Å². The third-order valence-electron chi connectivity index (χ3n) is 4.00. The molecule has 2 N–H and O–H groups in total. The number of amides is 2. The summed E-state index contributed by atoms with van der Waals surface area (Å²) in [5.41, 5.74) is 1.79. The van der Waals surface area contributed by atoms with E-state index in [2.05, 4.69) is 10.6 Å². The first kappa shape index (κ1) is 18.2. The molecule has 27 heavy (non-hydrogen) atoms. The summed E-state index contributed by atoms with van der Waals surface area (Å²) in [4.78, 5) is 35.5. The molecule has 7 heteroatoms. The van der Waals surface area contributed by atoms with Crippen LogP contribution in [0.15, 0.2) is 63.9 Å². The van der Waals surface area contributed by atoms with Gasteiger partial charge in [-0.3, -0.25) is 14.4 Å². The number of aromatic nitrogens is 1. The second-order valence-corrected chi connectivity index (χ2v) is 6.05. The quantitative estimate of drug-likeness (QED) is 0.727. The molecular formula is C20H19N3O4. The molecule has 1 aromatic carbocycles. The summed E-state index contributed by atoms with van der Waals surface area (Å²) in [6.07, 6.45) is 1.65. The minimum absolute atomic E-state index is 0.137. The Bertz CT molecular complexity index is 1050. The van der Waals surface area contributed by atoms with Gasteiger partial charge < -0.3 is 19.6 Å². The van der Waals surface area contributed by atoms with Crippen LogP contribution in [0.1, 0.15) is 28.8 Å². The van der Waals surface area contributed by atoms with Crippen LogP contribution in [0.2, 0.25) is 0 Å². The third kappa shape index (κ3) is 4.33. The molecule has 0 aliphatic rings. The zero-order valence-electron chi connectivity index (χ0n) is 15.0. The fourth-order valence-electron chi connectivity index (χ4n) is 2.62. The average Bonchev–Trinajstić information content (AvgIpc) is 3.09. The molecule has 2 amide bonds. The van der Waals surface area contributed by atoms with Gasteiger partial charge in [0.1, 0.15) is 5.76 Å². The van der Waals surface area contributed by atoms with Gasteiger partial charge in [-0.2, -0.15) is 0 Å². The van der Waals surface area contributed by atoms with Crippen molar-refractivity contribution in [3.63, 3.8) is 0 Å². The number of furan rings is 1. The average molecular weight is 365 g/mol. The largest absolute Gasteiger partial charge is 0.454 e. The van der Waals surface area contributed by atoms with E-state index in [0.717, 1.165) is 5.56 Å². The molecule has 3 aromatic rings. The van der Waals surface area contributed by atoms with Crippen LogP contribution < -0.4 is 16.2 Å². The molecule has 3 rings (SSSR count). The van der Waals surface area contributed by atoms with E-state index in [0.29, 0.717) is 17.1 Å². The molecule has 138 valence electrons. The number of anilines is 2. The Hall–Kier alpha value is -3.61. The molecule has 0 radical (unpaired) electrons. The summed E-state index contributed by atoms with van der Waals surface area (Å²) >= 11 is 0. The standard InChI is InChI=1S/C20H19N3O4/c1-13-16(21-14(2)24)6-5-7-17(13)22-20(26)18-10-9-15(27-18)12-23-11-4-3-8-19(23)25/h3-11H,12H2,1-2H3,(H,21,24)(H,22,26). The predicted molar refractivity (Wildman–Crippen MR) is 102 cm³/mol. The monoisotopic (exact) mass is 365 g/mol. The van der Waals surface area contributed by atoms with Crippen molar-refractivity contribution in [1.29, 1.82) is 0 Å².